The SMILES string of the molecule is Cl[PH+](Cl)Cl.[C-]#[O+].[C-]#[O+].[C-]#[O+].[C-]#[O+].[C-]#[O+].[Mo]. The molecule has 0 radical (unpaired) electrons. The second kappa shape index (κ2) is 202. The molecule has 5 nitrogen and oxygen atoms in total. The van der Waals surface area contributed by atoms with E-state index in [2.05, 4.69) is 33.3 Å². The van der Waals surface area contributed by atoms with Gasteiger partial charge in [0.05, 0.1) is 0 Å². The van der Waals surface area contributed by atoms with E-state index < -0.39 is 5.98 Å². The third-order valence-corrected chi connectivity index (χ3v) is 0. The summed E-state index contributed by atoms with van der Waals surface area (Å²) in [6.07, 6.45) is 0. The standard InChI is InChI=1S/5CO.Cl3P.Mo/c5*1-2;1-4(2)3;/p+1. The van der Waals surface area contributed by atoms with Crippen LogP contribution in [-0.2, 0) is 44.3 Å². The van der Waals surface area contributed by atoms with Crippen LogP contribution in [0.2, 0.25) is 0 Å². The first-order valence-electron chi connectivity index (χ1n) is 1.59. The van der Waals surface area contributed by atoms with E-state index in [-0.39, 0.29) is 21.1 Å². The van der Waals surface area contributed by atoms with Gasteiger partial charge in [-0.2, -0.15) is 0 Å². The van der Waals surface area contributed by atoms with Crippen LogP contribution in [0.4, 0.5) is 0 Å². The first-order valence-corrected chi connectivity index (χ1v) is 6.12. The molecule has 15 heavy (non-hydrogen) atoms. The predicted molar refractivity (Wildman–Crippen MR) is 45.5 cm³/mol. The fourth-order valence-corrected chi connectivity index (χ4v) is 0. The molecule has 0 rings (SSSR count). The van der Waals surface area contributed by atoms with Crippen molar-refractivity contribution in [2.45, 2.75) is 0 Å². The van der Waals surface area contributed by atoms with E-state index >= 15 is 0 Å². The average Bonchev–Trinajstić information content (AvgIpc) is 2.30. The van der Waals surface area contributed by atoms with Crippen molar-refractivity contribution in [1.82, 2.24) is 0 Å². The van der Waals surface area contributed by atoms with Gasteiger partial charge < -0.3 is 0 Å². The van der Waals surface area contributed by atoms with Crippen molar-refractivity contribution in [1.29, 1.82) is 0 Å². The Morgan fingerprint density at radius 2 is 0.533 bits per heavy atom. The molecule has 0 unspecified atom stereocenters. The van der Waals surface area contributed by atoms with Crippen molar-refractivity contribution < 1.29 is 44.3 Å². The molecule has 0 saturated carbocycles. The van der Waals surface area contributed by atoms with E-state index in [1.54, 1.807) is 0 Å². The van der Waals surface area contributed by atoms with Crippen molar-refractivity contribution in [2.75, 3.05) is 0 Å². The van der Waals surface area contributed by atoms with Gasteiger partial charge in [0.2, 0.25) is 0 Å². The van der Waals surface area contributed by atoms with E-state index in [1.807, 2.05) is 0 Å². The Labute approximate surface area is 117 Å². The van der Waals surface area contributed by atoms with Gasteiger partial charge in [0, 0.05) is 21.1 Å². The Morgan fingerprint density at radius 3 is 0.533 bits per heavy atom. The molecule has 0 amide bonds. The second-order valence-corrected chi connectivity index (χ2v) is 5.79. The number of hydrogen-bond acceptors (Lipinski definition) is 0. The summed E-state index contributed by atoms with van der Waals surface area (Å²) in [7, 11) is 0. The molecule has 0 aliphatic rings. The molecule has 0 heterocycles. The monoisotopic (exact) mass is 375 g/mol. The molecule has 0 aromatic rings. The summed E-state index contributed by atoms with van der Waals surface area (Å²) < 4.78 is 37.5. The quantitative estimate of drug-likeness (QED) is 0.269. The minimum absolute atomic E-state index is 0. The minimum Gasteiger partial charge on any atom is 0 e. The molecule has 0 atom stereocenters. The van der Waals surface area contributed by atoms with E-state index in [4.69, 9.17) is 57.0 Å². The smallest absolute Gasteiger partial charge is 0 e. The van der Waals surface area contributed by atoms with Crippen molar-refractivity contribution in [3.05, 3.63) is 33.3 Å². The summed E-state index contributed by atoms with van der Waals surface area (Å²) in [6, 6.07) is 0. The number of halogens is 3. The second-order valence-electron chi connectivity index (χ2n) is 0.214. The van der Waals surface area contributed by atoms with Crippen LogP contribution in [0.3, 0.4) is 0 Å². The Kier molecular flexibility index (Phi) is 605. The molecule has 0 bridgehead atoms. The fraction of sp³-hybridized carbons (Fsp3) is 0. The molecule has 0 saturated heterocycles. The Bertz CT molecular complexity index is 117. The van der Waals surface area contributed by atoms with Gasteiger partial charge in [0.25, 0.3) is 5.98 Å². The first kappa shape index (κ1) is 44.8. The normalized spacial score (nSPS) is 3.07. The van der Waals surface area contributed by atoms with Gasteiger partial charge in [-0.1, -0.05) is 0 Å². The predicted octanol–water partition coefficient (Wildman–Crippen LogP) is 2.47. The van der Waals surface area contributed by atoms with Crippen molar-refractivity contribution in [3.63, 3.8) is 0 Å². The molecule has 0 aromatic carbocycles. The van der Waals surface area contributed by atoms with Crippen LogP contribution >= 0.6 is 39.7 Å². The summed E-state index contributed by atoms with van der Waals surface area (Å²) in [4.78, 5) is 0. The zero-order valence-corrected chi connectivity index (χ0v) is 11.9. The molecule has 0 N–H and O–H groups in total. The van der Waals surface area contributed by atoms with Crippen LogP contribution in [0.25, 0.3) is 0 Å². The summed E-state index contributed by atoms with van der Waals surface area (Å²) in [5.74, 6) is -1.46. The van der Waals surface area contributed by atoms with Crippen LogP contribution in [0.15, 0.2) is 0 Å². The Balaban J connectivity index is -0.0000000105. The van der Waals surface area contributed by atoms with Crippen LogP contribution < -0.4 is 0 Å². The zero-order chi connectivity index (χ0) is 13.6. The topological polar surface area (TPSA) is 99.5 Å². The molecule has 0 aliphatic heterocycles. The van der Waals surface area contributed by atoms with E-state index in [0.717, 1.165) is 0 Å². The Hall–Kier alpha value is 0.688. The van der Waals surface area contributed by atoms with E-state index in [1.165, 1.54) is 0 Å². The summed E-state index contributed by atoms with van der Waals surface area (Å²) in [6.45, 7) is 22.5. The molecular weight excluding hydrogens is 373 g/mol. The zero-order valence-electron chi connectivity index (χ0n) is 6.58. The van der Waals surface area contributed by atoms with Crippen LogP contribution in [-0.4, -0.2) is 0 Å². The van der Waals surface area contributed by atoms with Crippen LogP contribution in [0.1, 0.15) is 0 Å². The van der Waals surface area contributed by atoms with Gasteiger partial charge in [0.1, 0.15) is 33.7 Å². The third kappa shape index (κ3) is 4990. The van der Waals surface area contributed by atoms with E-state index in [0.29, 0.717) is 0 Å². The number of rotatable bonds is 0. The fourth-order valence-electron chi connectivity index (χ4n) is 0. The van der Waals surface area contributed by atoms with Crippen LogP contribution in [0.5, 0.6) is 0 Å². The van der Waals surface area contributed by atoms with Gasteiger partial charge in [-0.15, -0.1) is 0 Å². The summed E-state index contributed by atoms with van der Waals surface area (Å²) in [5.41, 5.74) is 0. The molecule has 0 aromatic heterocycles. The summed E-state index contributed by atoms with van der Waals surface area (Å²) >= 11 is 14.7. The largest absolute Gasteiger partial charge is 0 e. The van der Waals surface area contributed by atoms with Gasteiger partial charge in [-0.05, 0) is 0 Å². The maximum Gasteiger partial charge on any atom is 0 e. The van der Waals surface area contributed by atoms with Crippen LogP contribution in [0, 0.1) is 33.3 Å². The van der Waals surface area contributed by atoms with Gasteiger partial charge in [0.15, 0.2) is 0 Å². The first-order chi connectivity index (χ1) is 6.73. The maximum absolute atomic E-state index is 7.50. The molecular formula is C5HCl3MoO5P+. The minimum atomic E-state index is -1.46. The molecule has 0 aliphatic carbocycles. The maximum atomic E-state index is 7.50. The molecule has 82 valence electrons. The average molecular weight is 374 g/mol. The molecule has 0 fully saturated rings. The Morgan fingerprint density at radius 1 is 0.533 bits per heavy atom. The van der Waals surface area contributed by atoms with Crippen molar-refractivity contribution in [3.8, 4) is 0 Å². The third-order valence-electron chi connectivity index (χ3n) is 0. The van der Waals surface area contributed by atoms with Gasteiger partial charge >= 0.3 is 56.5 Å². The van der Waals surface area contributed by atoms with E-state index in [9.17, 15) is 0 Å². The number of hydrogen-bond donors (Lipinski definition) is 0. The van der Waals surface area contributed by atoms with Crippen molar-refractivity contribution in [2.24, 2.45) is 0 Å². The summed E-state index contributed by atoms with van der Waals surface area (Å²) in [5, 5.41) is 0. The molecule has 0 spiro atoms. The molecule has 10 heteroatoms. The van der Waals surface area contributed by atoms with Gasteiger partial charge in [-0.3, -0.25) is 0 Å². The van der Waals surface area contributed by atoms with Gasteiger partial charge in [-0.25, -0.2) is 0 Å². The van der Waals surface area contributed by atoms with Crippen molar-refractivity contribution >= 4 is 39.7 Å².